The van der Waals surface area contributed by atoms with Crippen molar-refractivity contribution < 1.29 is 13.2 Å². The zero-order valence-corrected chi connectivity index (χ0v) is 12.8. The van der Waals surface area contributed by atoms with E-state index in [-0.39, 0.29) is 11.5 Å². The molecule has 2 N–H and O–H groups in total. The molecule has 0 spiro atoms. The maximum Gasteiger partial charge on any atom is 0.150 e. The van der Waals surface area contributed by atoms with Crippen LogP contribution >= 0.6 is 0 Å². The van der Waals surface area contributed by atoms with Crippen molar-refractivity contribution in [2.24, 2.45) is 5.73 Å². The molecule has 4 nitrogen and oxygen atoms in total. The van der Waals surface area contributed by atoms with Gasteiger partial charge in [-0.1, -0.05) is 24.8 Å². The first-order valence-corrected chi connectivity index (χ1v) is 8.43. The van der Waals surface area contributed by atoms with Gasteiger partial charge < -0.3 is 10.5 Å². The monoisotopic (exact) mass is 295 g/mol. The summed E-state index contributed by atoms with van der Waals surface area (Å²) in [5.74, 6) is 6.76. The van der Waals surface area contributed by atoms with E-state index in [0.717, 1.165) is 11.1 Å². The van der Waals surface area contributed by atoms with E-state index < -0.39 is 9.84 Å². The van der Waals surface area contributed by atoms with E-state index in [4.69, 9.17) is 10.5 Å². The van der Waals surface area contributed by atoms with E-state index in [9.17, 15) is 8.42 Å². The second-order valence-corrected chi connectivity index (χ2v) is 6.92. The number of nitrogens with two attached hydrogens (primary N) is 1. The lowest BCUT2D eigenvalue weighted by Crippen LogP contribution is -2.12. The number of ether oxygens (including phenoxy) is 1. The molecule has 0 heterocycles. The molecule has 0 radical (unpaired) electrons. The summed E-state index contributed by atoms with van der Waals surface area (Å²) in [7, 11) is -2.93. The molecule has 1 aromatic rings. The molecule has 0 saturated carbocycles. The van der Waals surface area contributed by atoms with Gasteiger partial charge in [0.25, 0.3) is 0 Å². The minimum atomic E-state index is -2.93. The second kappa shape index (κ2) is 7.93. The van der Waals surface area contributed by atoms with Crippen LogP contribution in [0.25, 0.3) is 0 Å². The lowest BCUT2D eigenvalue weighted by Gasteiger charge is -2.09. The van der Waals surface area contributed by atoms with Crippen LogP contribution in [-0.4, -0.2) is 33.1 Å². The standard InChI is InChI=1S/C15H21NO3S/c1-3-20(17,18)11-5-10-19-15-8-7-13(2)12-14(15)6-4-9-16/h7-8,12H,3,5,9-11,16H2,1-2H3. The molecule has 20 heavy (non-hydrogen) atoms. The van der Waals surface area contributed by atoms with Crippen molar-refractivity contribution in [3.8, 4) is 17.6 Å². The van der Waals surface area contributed by atoms with Crippen LogP contribution in [-0.2, 0) is 9.84 Å². The van der Waals surface area contributed by atoms with Gasteiger partial charge in [-0.15, -0.1) is 0 Å². The van der Waals surface area contributed by atoms with Crippen molar-refractivity contribution in [1.29, 1.82) is 0 Å². The Hall–Kier alpha value is -1.51. The van der Waals surface area contributed by atoms with Crippen molar-refractivity contribution in [3.63, 3.8) is 0 Å². The highest BCUT2D eigenvalue weighted by atomic mass is 32.2. The Morgan fingerprint density at radius 2 is 2.10 bits per heavy atom. The predicted molar refractivity (Wildman–Crippen MR) is 81.6 cm³/mol. The van der Waals surface area contributed by atoms with Gasteiger partial charge in [-0.25, -0.2) is 8.42 Å². The molecule has 0 aliphatic heterocycles. The van der Waals surface area contributed by atoms with Crippen molar-refractivity contribution in [1.82, 2.24) is 0 Å². The fraction of sp³-hybridized carbons (Fsp3) is 0.467. The highest BCUT2D eigenvalue weighted by Gasteiger charge is 2.07. The highest BCUT2D eigenvalue weighted by Crippen LogP contribution is 2.19. The van der Waals surface area contributed by atoms with Crippen LogP contribution in [0, 0.1) is 18.8 Å². The lowest BCUT2D eigenvalue weighted by atomic mass is 10.1. The SMILES string of the molecule is CCS(=O)(=O)CCCOc1ccc(C)cc1C#CCN. The molecule has 0 atom stereocenters. The zero-order valence-electron chi connectivity index (χ0n) is 12.0. The number of hydrogen-bond acceptors (Lipinski definition) is 4. The molecule has 0 aliphatic carbocycles. The topological polar surface area (TPSA) is 69.4 Å². The van der Waals surface area contributed by atoms with E-state index in [0.29, 0.717) is 25.3 Å². The van der Waals surface area contributed by atoms with Crippen molar-refractivity contribution >= 4 is 9.84 Å². The maximum absolute atomic E-state index is 11.4. The van der Waals surface area contributed by atoms with Gasteiger partial charge in [0.15, 0.2) is 0 Å². The first kappa shape index (κ1) is 16.5. The van der Waals surface area contributed by atoms with Gasteiger partial charge in [0.1, 0.15) is 15.6 Å². The fourth-order valence-corrected chi connectivity index (χ4v) is 2.47. The van der Waals surface area contributed by atoms with E-state index in [1.165, 1.54) is 0 Å². The number of benzene rings is 1. The van der Waals surface area contributed by atoms with Crippen molar-refractivity contribution in [2.75, 3.05) is 24.7 Å². The average Bonchev–Trinajstić information content (AvgIpc) is 2.43. The van der Waals surface area contributed by atoms with Gasteiger partial charge in [0.05, 0.1) is 24.5 Å². The fourth-order valence-electron chi connectivity index (χ4n) is 1.62. The summed E-state index contributed by atoms with van der Waals surface area (Å²) in [5, 5.41) is 0. The summed E-state index contributed by atoms with van der Waals surface area (Å²) in [4.78, 5) is 0. The molecular weight excluding hydrogens is 274 g/mol. The first-order chi connectivity index (χ1) is 9.48. The summed E-state index contributed by atoms with van der Waals surface area (Å²) in [6, 6.07) is 5.72. The van der Waals surface area contributed by atoms with Gasteiger partial charge in [-0.2, -0.15) is 0 Å². The number of sulfone groups is 1. The maximum atomic E-state index is 11.4. The largest absolute Gasteiger partial charge is 0.492 e. The van der Waals surface area contributed by atoms with E-state index in [1.54, 1.807) is 6.92 Å². The van der Waals surface area contributed by atoms with E-state index in [2.05, 4.69) is 11.8 Å². The molecular formula is C15H21NO3S. The first-order valence-electron chi connectivity index (χ1n) is 6.61. The molecule has 1 rings (SSSR count). The van der Waals surface area contributed by atoms with Gasteiger partial charge in [0, 0.05) is 5.75 Å². The summed E-state index contributed by atoms with van der Waals surface area (Å²) in [6.07, 6.45) is 0.480. The molecule has 0 amide bonds. The van der Waals surface area contributed by atoms with Gasteiger partial charge >= 0.3 is 0 Å². The molecule has 1 aromatic carbocycles. The van der Waals surface area contributed by atoms with E-state index in [1.807, 2.05) is 25.1 Å². The number of aryl methyl sites for hydroxylation is 1. The number of hydrogen-bond donors (Lipinski definition) is 1. The Morgan fingerprint density at radius 3 is 2.75 bits per heavy atom. The minimum Gasteiger partial charge on any atom is -0.492 e. The molecule has 0 bridgehead atoms. The Kier molecular flexibility index (Phi) is 6.56. The third-order valence-electron chi connectivity index (χ3n) is 2.76. The Balaban J connectivity index is 2.64. The van der Waals surface area contributed by atoms with E-state index >= 15 is 0 Å². The molecule has 110 valence electrons. The van der Waals surface area contributed by atoms with Crippen LogP contribution in [0.5, 0.6) is 5.75 Å². The second-order valence-electron chi connectivity index (χ2n) is 4.44. The minimum absolute atomic E-state index is 0.152. The quantitative estimate of drug-likeness (QED) is 0.638. The predicted octanol–water partition coefficient (Wildman–Crippen LogP) is 1.51. The highest BCUT2D eigenvalue weighted by molar-refractivity contribution is 7.91. The smallest absolute Gasteiger partial charge is 0.150 e. The van der Waals surface area contributed by atoms with Crippen LogP contribution in [0.2, 0.25) is 0 Å². The van der Waals surface area contributed by atoms with Crippen LogP contribution < -0.4 is 10.5 Å². The van der Waals surface area contributed by atoms with Gasteiger partial charge in [0.2, 0.25) is 0 Å². The van der Waals surface area contributed by atoms with Gasteiger partial charge in [-0.05, 0) is 31.0 Å². The lowest BCUT2D eigenvalue weighted by molar-refractivity contribution is 0.317. The van der Waals surface area contributed by atoms with Crippen molar-refractivity contribution in [3.05, 3.63) is 29.3 Å². The third-order valence-corrected chi connectivity index (χ3v) is 4.55. The van der Waals surface area contributed by atoms with Crippen LogP contribution in [0.4, 0.5) is 0 Å². The zero-order chi connectivity index (χ0) is 15.0. The summed E-state index contributed by atoms with van der Waals surface area (Å²) in [5.41, 5.74) is 7.24. The van der Waals surface area contributed by atoms with Crippen LogP contribution in [0.1, 0.15) is 24.5 Å². The summed E-state index contributed by atoms with van der Waals surface area (Å²) in [6.45, 7) is 4.28. The molecule has 0 unspecified atom stereocenters. The normalized spacial score (nSPS) is 10.8. The third kappa shape index (κ3) is 5.64. The average molecular weight is 295 g/mol. The molecule has 0 fully saturated rings. The molecule has 0 aromatic heterocycles. The molecule has 0 aliphatic rings. The Labute approximate surface area is 121 Å². The van der Waals surface area contributed by atoms with Gasteiger partial charge in [-0.3, -0.25) is 0 Å². The Morgan fingerprint density at radius 1 is 1.35 bits per heavy atom. The Bertz CT molecular complexity index is 597. The molecule has 5 heteroatoms. The summed E-state index contributed by atoms with van der Waals surface area (Å²) >= 11 is 0. The van der Waals surface area contributed by atoms with Crippen LogP contribution in [0.3, 0.4) is 0 Å². The summed E-state index contributed by atoms with van der Waals surface area (Å²) < 4.78 is 28.4. The van der Waals surface area contributed by atoms with Crippen molar-refractivity contribution in [2.45, 2.75) is 20.3 Å². The number of rotatable bonds is 6. The molecule has 0 saturated heterocycles. The van der Waals surface area contributed by atoms with Crippen LogP contribution in [0.15, 0.2) is 18.2 Å².